The molecule has 0 atom stereocenters. The van der Waals surface area contributed by atoms with E-state index in [1.165, 1.54) is 13.2 Å². The van der Waals surface area contributed by atoms with Crippen LogP contribution in [0.5, 0.6) is 0 Å². The fourth-order valence-corrected chi connectivity index (χ4v) is 2.55. The standard InChI is InChI=1S/C15H11Cl3FNO2/c1-22-7-9-10(16)3-2-4-14(9)20-15(21)8-5-13(19)12(18)6-11(8)17/h2-6H,7H2,1H3,(H,20,21). The van der Waals surface area contributed by atoms with Gasteiger partial charge in [0.25, 0.3) is 5.91 Å². The summed E-state index contributed by atoms with van der Waals surface area (Å²) in [5.41, 5.74) is 1.06. The molecule has 1 amide bonds. The molecule has 1 N–H and O–H groups in total. The van der Waals surface area contributed by atoms with E-state index in [2.05, 4.69) is 5.32 Å². The highest BCUT2D eigenvalue weighted by Gasteiger charge is 2.16. The first-order valence-corrected chi connectivity index (χ1v) is 7.29. The van der Waals surface area contributed by atoms with Crippen LogP contribution in [0, 0.1) is 5.82 Å². The smallest absolute Gasteiger partial charge is 0.257 e. The lowest BCUT2D eigenvalue weighted by molar-refractivity contribution is 0.102. The molecule has 0 aliphatic rings. The Morgan fingerprint density at radius 3 is 2.59 bits per heavy atom. The molecule has 2 rings (SSSR count). The van der Waals surface area contributed by atoms with Gasteiger partial charge in [0.2, 0.25) is 0 Å². The summed E-state index contributed by atoms with van der Waals surface area (Å²) in [7, 11) is 1.51. The van der Waals surface area contributed by atoms with Gasteiger partial charge in [0.1, 0.15) is 5.82 Å². The van der Waals surface area contributed by atoms with Crippen molar-refractivity contribution in [3.8, 4) is 0 Å². The maximum Gasteiger partial charge on any atom is 0.257 e. The lowest BCUT2D eigenvalue weighted by Crippen LogP contribution is -2.14. The lowest BCUT2D eigenvalue weighted by atomic mass is 10.1. The molecular weight excluding hydrogens is 352 g/mol. The van der Waals surface area contributed by atoms with Gasteiger partial charge in [-0.15, -0.1) is 0 Å². The number of halogens is 4. The Labute approximate surface area is 141 Å². The number of benzene rings is 2. The van der Waals surface area contributed by atoms with Crippen molar-refractivity contribution in [1.82, 2.24) is 0 Å². The van der Waals surface area contributed by atoms with Crippen molar-refractivity contribution in [2.45, 2.75) is 6.61 Å². The number of carbonyl (C=O) groups is 1. The molecule has 22 heavy (non-hydrogen) atoms. The van der Waals surface area contributed by atoms with Gasteiger partial charge >= 0.3 is 0 Å². The molecule has 3 nitrogen and oxygen atoms in total. The maximum absolute atomic E-state index is 13.5. The number of rotatable bonds is 4. The molecule has 0 heterocycles. The minimum absolute atomic E-state index is 0.0214. The van der Waals surface area contributed by atoms with E-state index in [1.807, 2.05) is 0 Å². The predicted octanol–water partition coefficient (Wildman–Crippen LogP) is 5.18. The Balaban J connectivity index is 2.34. The fraction of sp³-hybridized carbons (Fsp3) is 0.133. The zero-order chi connectivity index (χ0) is 16.3. The average molecular weight is 363 g/mol. The maximum atomic E-state index is 13.5. The Hall–Kier alpha value is -1.33. The van der Waals surface area contributed by atoms with Crippen molar-refractivity contribution in [3.05, 3.63) is 62.3 Å². The highest BCUT2D eigenvalue weighted by molar-refractivity contribution is 6.37. The number of methoxy groups -OCH3 is 1. The van der Waals surface area contributed by atoms with Crippen molar-refractivity contribution >= 4 is 46.4 Å². The van der Waals surface area contributed by atoms with Crippen LogP contribution in [0.3, 0.4) is 0 Å². The second-order valence-corrected chi connectivity index (χ2v) is 5.62. The Kier molecular flexibility index (Phi) is 5.64. The molecule has 0 fully saturated rings. The predicted molar refractivity (Wildman–Crippen MR) is 86.5 cm³/mol. The largest absolute Gasteiger partial charge is 0.380 e. The second kappa shape index (κ2) is 7.29. The summed E-state index contributed by atoms with van der Waals surface area (Å²) in [6, 6.07) is 7.20. The molecule has 0 radical (unpaired) electrons. The molecule has 0 bridgehead atoms. The van der Waals surface area contributed by atoms with E-state index >= 15 is 0 Å². The molecule has 0 aromatic heterocycles. The number of carbonyl (C=O) groups excluding carboxylic acids is 1. The lowest BCUT2D eigenvalue weighted by Gasteiger charge is -2.13. The van der Waals surface area contributed by atoms with Crippen LogP contribution in [0.25, 0.3) is 0 Å². The monoisotopic (exact) mass is 361 g/mol. The van der Waals surface area contributed by atoms with E-state index in [0.29, 0.717) is 16.3 Å². The van der Waals surface area contributed by atoms with Crippen LogP contribution in [0.1, 0.15) is 15.9 Å². The zero-order valence-electron chi connectivity index (χ0n) is 11.4. The summed E-state index contributed by atoms with van der Waals surface area (Å²) >= 11 is 17.6. The van der Waals surface area contributed by atoms with E-state index in [0.717, 1.165) is 6.07 Å². The third kappa shape index (κ3) is 3.70. The molecule has 116 valence electrons. The topological polar surface area (TPSA) is 38.3 Å². The van der Waals surface area contributed by atoms with E-state index < -0.39 is 11.7 Å². The number of hydrogen-bond acceptors (Lipinski definition) is 2. The van der Waals surface area contributed by atoms with Gasteiger partial charge in [-0.3, -0.25) is 4.79 Å². The highest BCUT2D eigenvalue weighted by atomic mass is 35.5. The SMILES string of the molecule is COCc1c(Cl)cccc1NC(=O)c1cc(F)c(Cl)cc1Cl. The summed E-state index contributed by atoms with van der Waals surface area (Å²) in [4.78, 5) is 12.3. The molecule has 0 unspecified atom stereocenters. The van der Waals surface area contributed by atoms with Gasteiger partial charge in [0.05, 0.1) is 22.2 Å². The first-order valence-electron chi connectivity index (χ1n) is 6.16. The zero-order valence-corrected chi connectivity index (χ0v) is 13.7. The van der Waals surface area contributed by atoms with Crippen LogP contribution in [0.15, 0.2) is 30.3 Å². The molecule has 2 aromatic carbocycles. The Bertz CT molecular complexity index is 722. The van der Waals surface area contributed by atoms with Gasteiger partial charge in [0.15, 0.2) is 0 Å². The van der Waals surface area contributed by atoms with Crippen molar-refractivity contribution in [1.29, 1.82) is 0 Å². The summed E-state index contributed by atoms with van der Waals surface area (Å²) in [6.07, 6.45) is 0. The quantitative estimate of drug-likeness (QED) is 0.761. The Morgan fingerprint density at radius 1 is 1.18 bits per heavy atom. The molecule has 0 aliphatic carbocycles. The van der Waals surface area contributed by atoms with Crippen molar-refractivity contribution in [2.24, 2.45) is 0 Å². The number of amides is 1. The summed E-state index contributed by atoms with van der Waals surface area (Å²) in [6.45, 7) is 0.220. The van der Waals surface area contributed by atoms with Gasteiger partial charge in [0, 0.05) is 23.4 Å². The van der Waals surface area contributed by atoms with E-state index in [-0.39, 0.29) is 22.2 Å². The molecule has 7 heteroatoms. The van der Waals surface area contributed by atoms with Crippen molar-refractivity contribution < 1.29 is 13.9 Å². The first kappa shape index (κ1) is 17.0. The number of nitrogens with one attached hydrogen (secondary N) is 1. The van der Waals surface area contributed by atoms with Gasteiger partial charge in [-0.2, -0.15) is 0 Å². The molecule has 0 aliphatic heterocycles. The highest BCUT2D eigenvalue weighted by Crippen LogP contribution is 2.28. The molecule has 0 saturated heterocycles. The number of hydrogen-bond donors (Lipinski definition) is 1. The fourth-order valence-electron chi connectivity index (χ4n) is 1.85. The van der Waals surface area contributed by atoms with Crippen LogP contribution in [-0.2, 0) is 11.3 Å². The van der Waals surface area contributed by atoms with Gasteiger partial charge in [-0.25, -0.2) is 4.39 Å². The molecule has 0 saturated carbocycles. The third-order valence-corrected chi connectivity index (χ3v) is 3.87. The van der Waals surface area contributed by atoms with Crippen molar-refractivity contribution in [3.63, 3.8) is 0 Å². The second-order valence-electron chi connectivity index (χ2n) is 4.40. The summed E-state index contributed by atoms with van der Waals surface area (Å²) in [5, 5.41) is 3.00. The molecular formula is C15H11Cl3FNO2. The van der Waals surface area contributed by atoms with Gasteiger partial charge < -0.3 is 10.1 Å². The number of ether oxygens (including phenoxy) is 1. The summed E-state index contributed by atoms with van der Waals surface area (Å²) in [5.74, 6) is -1.29. The van der Waals surface area contributed by atoms with Gasteiger partial charge in [-0.1, -0.05) is 40.9 Å². The van der Waals surface area contributed by atoms with Crippen LogP contribution >= 0.6 is 34.8 Å². The third-order valence-electron chi connectivity index (χ3n) is 2.91. The summed E-state index contributed by atoms with van der Waals surface area (Å²) < 4.78 is 18.6. The van der Waals surface area contributed by atoms with Crippen LogP contribution in [0.2, 0.25) is 15.1 Å². The van der Waals surface area contributed by atoms with Crippen molar-refractivity contribution in [2.75, 3.05) is 12.4 Å². The minimum atomic E-state index is -0.723. The average Bonchev–Trinajstić information content (AvgIpc) is 2.46. The van der Waals surface area contributed by atoms with E-state index in [1.54, 1.807) is 18.2 Å². The van der Waals surface area contributed by atoms with Crippen LogP contribution < -0.4 is 5.32 Å². The van der Waals surface area contributed by atoms with Gasteiger partial charge in [-0.05, 0) is 24.3 Å². The molecule has 0 spiro atoms. The Morgan fingerprint density at radius 2 is 1.91 bits per heavy atom. The van der Waals surface area contributed by atoms with E-state index in [9.17, 15) is 9.18 Å². The minimum Gasteiger partial charge on any atom is -0.380 e. The number of anilines is 1. The van der Waals surface area contributed by atoms with E-state index in [4.69, 9.17) is 39.5 Å². The first-order chi connectivity index (χ1) is 10.4. The molecule has 2 aromatic rings. The van der Waals surface area contributed by atoms with Crippen LogP contribution in [0.4, 0.5) is 10.1 Å². The van der Waals surface area contributed by atoms with Crippen LogP contribution in [-0.4, -0.2) is 13.0 Å². The normalized spacial score (nSPS) is 10.6.